The summed E-state index contributed by atoms with van der Waals surface area (Å²) < 4.78 is 4.65. The number of hydrogen-bond donors (Lipinski definition) is 1. The molecule has 0 amide bonds. The molecule has 1 aromatic heterocycles. The maximum atomic E-state index is 11.3. The molecule has 0 radical (unpaired) electrons. The Morgan fingerprint density at radius 1 is 1.54 bits per heavy atom. The van der Waals surface area contributed by atoms with Crippen LogP contribution in [0.25, 0.3) is 0 Å². The van der Waals surface area contributed by atoms with Gasteiger partial charge in [-0.3, -0.25) is 5.10 Å². The SMILES string of the molecule is COC(=O)c1cn[nH]c1[Si](C)(C)C. The van der Waals surface area contributed by atoms with Gasteiger partial charge in [0.15, 0.2) is 0 Å². The molecule has 13 heavy (non-hydrogen) atoms. The van der Waals surface area contributed by atoms with E-state index in [0.29, 0.717) is 5.56 Å². The second kappa shape index (κ2) is 3.33. The number of nitrogens with one attached hydrogen (secondary N) is 1. The third-order valence-electron chi connectivity index (χ3n) is 1.79. The largest absolute Gasteiger partial charge is 0.465 e. The zero-order valence-electron chi connectivity index (χ0n) is 8.34. The molecular weight excluding hydrogens is 184 g/mol. The van der Waals surface area contributed by atoms with Crippen molar-refractivity contribution in [2.45, 2.75) is 19.6 Å². The Bertz CT molecular complexity index is 314. The van der Waals surface area contributed by atoms with Crippen LogP contribution >= 0.6 is 0 Å². The number of carbonyl (C=O) groups excluding carboxylic acids is 1. The van der Waals surface area contributed by atoms with Crippen LogP contribution in [0, 0.1) is 0 Å². The van der Waals surface area contributed by atoms with Crippen LogP contribution in [-0.4, -0.2) is 31.4 Å². The molecule has 0 aliphatic carbocycles. The smallest absolute Gasteiger partial charge is 0.340 e. The number of ether oxygens (including phenoxy) is 1. The molecule has 4 nitrogen and oxygen atoms in total. The summed E-state index contributed by atoms with van der Waals surface area (Å²) in [5.41, 5.74) is 0.571. The third kappa shape index (κ3) is 1.98. The molecule has 0 atom stereocenters. The molecule has 1 rings (SSSR count). The Labute approximate surface area is 78.3 Å². The van der Waals surface area contributed by atoms with Crippen molar-refractivity contribution >= 4 is 19.4 Å². The van der Waals surface area contributed by atoms with Crippen molar-refractivity contribution in [2.75, 3.05) is 7.11 Å². The molecule has 0 spiro atoms. The molecule has 1 aromatic rings. The van der Waals surface area contributed by atoms with E-state index in [4.69, 9.17) is 0 Å². The average molecular weight is 198 g/mol. The fourth-order valence-electron chi connectivity index (χ4n) is 1.12. The molecule has 0 aromatic carbocycles. The van der Waals surface area contributed by atoms with Crippen LogP contribution in [0.15, 0.2) is 6.20 Å². The first kappa shape index (κ1) is 9.98. The number of esters is 1. The number of nitrogens with zero attached hydrogens (tertiary/aromatic N) is 1. The topological polar surface area (TPSA) is 55.0 Å². The van der Waals surface area contributed by atoms with Gasteiger partial charge in [0.1, 0.15) is 8.07 Å². The highest BCUT2D eigenvalue weighted by atomic mass is 28.3. The molecule has 0 saturated carbocycles. The summed E-state index contributed by atoms with van der Waals surface area (Å²) >= 11 is 0. The molecule has 1 N–H and O–H groups in total. The standard InChI is InChI=1S/C8H14N2O2Si/c1-12-8(11)6-5-9-10-7(6)13(2,3)4/h5H,1-4H3,(H,9,10). The molecule has 0 aliphatic heterocycles. The quantitative estimate of drug-likeness (QED) is 0.563. The highest BCUT2D eigenvalue weighted by Gasteiger charge is 2.25. The fourth-order valence-corrected chi connectivity index (χ4v) is 2.50. The predicted molar refractivity (Wildman–Crippen MR) is 52.9 cm³/mol. The highest BCUT2D eigenvalue weighted by Crippen LogP contribution is 2.05. The van der Waals surface area contributed by atoms with Gasteiger partial charge in [-0.25, -0.2) is 4.79 Å². The Kier molecular flexibility index (Phi) is 2.56. The number of carbonyl (C=O) groups is 1. The lowest BCUT2D eigenvalue weighted by atomic mass is 10.4. The van der Waals surface area contributed by atoms with E-state index in [1.54, 1.807) is 0 Å². The predicted octanol–water partition coefficient (Wildman–Crippen LogP) is 0.741. The average Bonchev–Trinajstić information content (AvgIpc) is 2.49. The molecular formula is C8H14N2O2Si. The first-order chi connectivity index (χ1) is 5.96. The Morgan fingerprint density at radius 2 is 2.15 bits per heavy atom. The molecule has 0 aliphatic rings. The maximum Gasteiger partial charge on any atom is 0.340 e. The highest BCUT2D eigenvalue weighted by molar-refractivity contribution is 6.88. The van der Waals surface area contributed by atoms with Gasteiger partial charge in [0, 0.05) is 5.32 Å². The summed E-state index contributed by atoms with van der Waals surface area (Å²) in [7, 11) is -0.145. The molecule has 1 heterocycles. The second-order valence-corrected chi connectivity index (χ2v) is 8.90. The lowest BCUT2D eigenvalue weighted by Crippen LogP contribution is -2.42. The minimum Gasteiger partial charge on any atom is -0.465 e. The monoisotopic (exact) mass is 198 g/mol. The van der Waals surface area contributed by atoms with Crippen LogP contribution in [0.3, 0.4) is 0 Å². The Morgan fingerprint density at radius 3 is 2.62 bits per heavy atom. The van der Waals surface area contributed by atoms with E-state index in [9.17, 15) is 4.79 Å². The van der Waals surface area contributed by atoms with Gasteiger partial charge in [0.2, 0.25) is 0 Å². The van der Waals surface area contributed by atoms with Gasteiger partial charge in [-0.05, 0) is 0 Å². The van der Waals surface area contributed by atoms with Crippen molar-refractivity contribution < 1.29 is 9.53 Å². The van der Waals surface area contributed by atoms with Crippen LogP contribution in [0.2, 0.25) is 19.6 Å². The van der Waals surface area contributed by atoms with Crippen molar-refractivity contribution in [2.24, 2.45) is 0 Å². The number of aromatic nitrogens is 2. The van der Waals surface area contributed by atoms with Gasteiger partial charge in [-0.2, -0.15) is 5.10 Å². The maximum absolute atomic E-state index is 11.3. The summed E-state index contributed by atoms with van der Waals surface area (Å²) in [6.07, 6.45) is 1.53. The van der Waals surface area contributed by atoms with E-state index in [-0.39, 0.29) is 5.97 Å². The van der Waals surface area contributed by atoms with Crippen LogP contribution in [-0.2, 0) is 4.74 Å². The van der Waals surface area contributed by atoms with Crippen molar-refractivity contribution in [3.8, 4) is 0 Å². The van der Waals surface area contributed by atoms with E-state index >= 15 is 0 Å². The number of methoxy groups -OCH3 is 1. The number of rotatable bonds is 2. The number of aromatic amines is 1. The summed E-state index contributed by atoms with van der Waals surface area (Å²) in [5, 5.41) is 7.68. The van der Waals surface area contributed by atoms with E-state index in [1.807, 2.05) is 0 Å². The molecule has 5 heteroatoms. The molecule has 72 valence electrons. The first-order valence-corrected chi connectivity index (χ1v) is 7.59. The minimum absolute atomic E-state index is 0.314. The fraction of sp³-hybridized carbons (Fsp3) is 0.500. The number of H-pyrrole nitrogens is 1. The third-order valence-corrected chi connectivity index (χ3v) is 3.68. The summed E-state index contributed by atoms with van der Waals surface area (Å²) in [6, 6.07) is 0. The van der Waals surface area contributed by atoms with Gasteiger partial charge < -0.3 is 4.74 Å². The first-order valence-electron chi connectivity index (χ1n) is 4.09. The summed E-state index contributed by atoms with van der Waals surface area (Å²) in [6.45, 7) is 6.44. The van der Waals surface area contributed by atoms with E-state index in [0.717, 1.165) is 5.32 Å². The number of hydrogen-bond acceptors (Lipinski definition) is 3. The van der Waals surface area contributed by atoms with Gasteiger partial charge in [-0.15, -0.1) is 0 Å². The van der Waals surface area contributed by atoms with Crippen molar-refractivity contribution in [3.05, 3.63) is 11.8 Å². The molecule has 0 unspecified atom stereocenters. The molecule has 0 saturated heterocycles. The van der Waals surface area contributed by atoms with Crippen LogP contribution in [0.5, 0.6) is 0 Å². The second-order valence-electron chi connectivity index (χ2n) is 3.90. The van der Waals surface area contributed by atoms with E-state index < -0.39 is 8.07 Å². The molecule has 0 fully saturated rings. The van der Waals surface area contributed by atoms with Gasteiger partial charge in [0.25, 0.3) is 0 Å². The van der Waals surface area contributed by atoms with Crippen molar-refractivity contribution in [3.63, 3.8) is 0 Å². The van der Waals surface area contributed by atoms with Crippen molar-refractivity contribution in [1.29, 1.82) is 0 Å². The van der Waals surface area contributed by atoms with Gasteiger partial charge >= 0.3 is 5.97 Å². The van der Waals surface area contributed by atoms with Crippen LogP contribution in [0.1, 0.15) is 10.4 Å². The van der Waals surface area contributed by atoms with E-state index in [1.165, 1.54) is 13.3 Å². The normalized spacial score (nSPS) is 11.4. The van der Waals surface area contributed by atoms with E-state index in [2.05, 4.69) is 34.6 Å². The minimum atomic E-state index is -1.52. The summed E-state index contributed by atoms with van der Waals surface area (Å²) in [5.74, 6) is -0.314. The van der Waals surface area contributed by atoms with Crippen LogP contribution < -0.4 is 5.32 Å². The Balaban J connectivity index is 3.10. The molecule has 0 bridgehead atoms. The zero-order valence-corrected chi connectivity index (χ0v) is 9.34. The van der Waals surface area contributed by atoms with Crippen LogP contribution in [0.4, 0.5) is 0 Å². The van der Waals surface area contributed by atoms with Crippen molar-refractivity contribution in [1.82, 2.24) is 10.2 Å². The van der Waals surface area contributed by atoms with Gasteiger partial charge in [-0.1, -0.05) is 19.6 Å². The zero-order chi connectivity index (χ0) is 10.1. The summed E-state index contributed by atoms with van der Waals surface area (Å²) in [4.78, 5) is 11.3. The Hall–Kier alpha value is -1.10. The van der Waals surface area contributed by atoms with Gasteiger partial charge in [0.05, 0.1) is 18.9 Å². The lowest BCUT2D eigenvalue weighted by Gasteiger charge is -2.14. The lowest BCUT2D eigenvalue weighted by molar-refractivity contribution is 0.0602.